The zero-order valence-corrected chi connectivity index (χ0v) is 19.1. The Morgan fingerprint density at radius 3 is 2.85 bits per heavy atom. The van der Waals surface area contributed by atoms with E-state index in [9.17, 15) is 4.39 Å². The van der Waals surface area contributed by atoms with Gasteiger partial charge in [0.1, 0.15) is 5.69 Å². The lowest BCUT2D eigenvalue weighted by Crippen LogP contribution is -2.11. The standard InChI is InChI=1S/C25H20FN7S/c1-2-27-10-14-8-15(12-28-11-14)19-9-17-20(13-29-19)32-33-24(17)25-30-18-5-3-4-16(23(18)31-25)21-6-7-22(26)34-21/h3-9,11-13,27H,2,10H2,1H3,(H,30,31)(H,32,33). The molecular formula is C25H20FN7S. The van der Waals surface area contributed by atoms with Crippen LogP contribution in [0.4, 0.5) is 4.39 Å². The zero-order valence-electron chi connectivity index (χ0n) is 18.3. The molecule has 168 valence electrons. The summed E-state index contributed by atoms with van der Waals surface area (Å²) in [5, 5.41) is 11.6. The predicted octanol–water partition coefficient (Wildman–Crippen LogP) is 5.54. The smallest absolute Gasteiger partial charge is 0.176 e. The molecule has 0 unspecified atom stereocenters. The third kappa shape index (κ3) is 3.64. The summed E-state index contributed by atoms with van der Waals surface area (Å²) < 4.78 is 13.6. The summed E-state index contributed by atoms with van der Waals surface area (Å²) >= 11 is 1.11. The molecule has 0 fully saturated rings. The Balaban J connectivity index is 1.44. The van der Waals surface area contributed by atoms with Gasteiger partial charge in [-0.15, -0.1) is 11.3 Å². The SMILES string of the molecule is CCNCc1cncc(-c2cc3c(-c4nc5c(-c6ccc(F)s6)cccc5[nH]4)n[nH]c3cn2)c1. The molecule has 6 aromatic rings. The normalized spacial score (nSPS) is 11.6. The number of nitrogens with zero attached hydrogens (tertiary/aromatic N) is 4. The number of halogens is 1. The number of fused-ring (bicyclic) bond motifs is 2. The second kappa shape index (κ2) is 8.44. The summed E-state index contributed by atoms with van der Waals surface area (Å²) in [7, 11) is 0. The van der Waals surface area contributed by atoms with Gasteiger partial charge in [0.25, 0.3) is 0 Å². The van der Waals surface area contributed by atoms with E-state index in [2.05, 4.69) is 43.5 Å². The van der Waals surface area contributed by atoms with Gasteiger partial charge in [0, 0.05) is 40.3 Å². The van der Waals surface area contributed by atoms with Crippen LogP contribution >= 0.6 is 11.3 Å². The fraction of sp³-hybridized carbons (Fsp3) is 0.120. The van der Waals surface area contributed by atoms with E-state index in [0.717, 1.165) is 73.6 Å². The average Bonchev–Trinajstić information content (AvgIpc) is 3.59. The van der Waals surface area contributed by atoms with Crippen LogP contribution in [0.1, 0.15) is 12.5 Å². The molecule has 0 spiro atoms. The number of aromatic amines is 2. The molecule has 5 heterocycles. The lowest BCUT2D eigenvalue weighted by atomic mass is 10.1. The molecule has 0 aliphatic carbocycles. The first-order chi connectivity index (χ1) is 16.7. The number of hydrogen-bond acceptors (Lipinski definition) is 6. The van der Waals surface area contributed by atoms with Crippen molar-refractivity contribution in [1.29, 1.82) is 0 Å². The van der Waals surface area contributed by atoms with Gasteiger partial charge < -0.3 is 10.3 Å². The molecule has 0 amide bonds. The highest BCUT2D eigenvalue weighted by Crippen LogP contribution is 2.35. The third-order valence-corrected chi connectivity index (χ3v) is 6.60. The van der Waals surface area contributed by atoms with E-state index in [1.165, 1.54) is 6.07 Å². The van der Waals surface area contributed by atoms with Crippen molar-refractivity contribution in [1.82, 2.24) is 35.5 Å². The third-order valence-electron chi connectivity index (χ3n) is 5.69. The van der Waals surface area contributed by atoms with Crippen molar-refractivity contribution in [3.63, 3.8) is 0 Å². The summed E-state index contributed by atoms with van der Waals surface area (Å²) in [6.45, 7) is 3.73. The lowest BCUT2D eigenvalue weighted by Gasteiger charge is -2.05. The van der Waals surface area contributed by atoms with Crippen molar-refractivity contribution in [2.24, 2.45) is 0 Å². The Morgan fingerprint density at radius 2 is 2.00 bits per heavy atom. The molecule has 0 radical (unpaired) electrons. The summed E-state index contributed by atoms with van der Waals surface area (Å²) in [4.78, 5) is 18.1. The number of thiophene rings is 1. The van der Waals surface area contributed by atoms with Crippen molar-refractivity contribution in [3.05, 3.63) is 71.7 Å². The molecule has 9 heteroatoms. The van der Waals surface area contributed by atoms with Gasteiger partial charge in [0.05, 0.1) is 28.4 Å². The van der Waals surface area contributed by atoms with Gasteiger partial charge in [0.2, 0.25) is 0 Å². The Kier molecular flexibility index (Phi) is 5.12. The van der Waals surface area contributed by atoms with E-state index in [-0.39, 0.29) is 5.13 Å². The molecule has 0 aliphatic rings. The fourth-order valence-corrected chi connectivity index (χ4v) is 4.81. The summed E-state index contributed by atoms with van der Waals surface area (Å²) in [6.07, 6.45) is 5.46. The van der Waals surface area contributed by atoms with Gasteiger partial charge in [-0.05, 0) is 42.4 Å². The van der Waals surface area contributed by atoms with Gasteiger partial charge >= 0.3 is 0 Å². The summed E-state index contributed by atoms with van der Waals surface area (Å²) in [6, 6.07) is 13.2. The van der Waals surface area contributed by atoms with E-state index in [1.54, 1.807) is 12.3 Å². The van der Waals surface area contributed by atoms with Crippen LogP contribution in [-0.4, -0.2) is 36.7 Å². The van der Waals surface area contributed by atoms with Crippen LogP contribution < -0.4 is 5.32 Å². The number of hydrogen-bond donors (Lipinski definition) is 3. The number of para-hydroxylation sites is 1. The molecule has 5 aromatic heterocycles. The number of nitrogens with one attached hydrogen (secondary N) is 3. The minimum Gasteiger partial charge on any atom is -0.337 e. The highest BCUT2D eigenvalue weighted by Gasteiger charge is 2.17. The minimum atomic E-state index is -0.217. The van der Waals surface area contributed by atoms with Crippen LogP contribution in [-0.2, 0) is 6.54 Å². The lowest BCUT2D eigenvalue weighted by molar-refractivity contribution is 0.657. The van der Waals surface area contributed by atoms with E-state index in [1.807, 2.05) is 36.7 Å². The Hall–Kier alpha value is -3.95. The largest absolute Gasteiger partial charge is 0.337 e. The molecule has 3 N–H and O–H groups in total. The number of aromatic nitrogens is 6. The van der Waals surface area contributed by atoms with Gasteiger partial charge in [-0.25, -0.2) is 4.98 Å². The van der Waals surface area contributed by atoms with Crippen LogP contribution in [0.2, 0.25) is 0 Å². The number of rotatable bonds is 6. The predicted molar refractivity (Wildman–Crippen MR) is 133 cm³/mol. The highest BCUT2D eigenvalue weighted by molar-refractivity contribution is 7.14. The van der Waals surface area contributed by atoms with Crippen LogP contribution in [0, 0.1) is 5.13 Å². The molecule has 0 aliphatic heterocycles. The molecular weight excluding hydrogens is 449 g/mol. The molecule has 7 nitrogen and oxygen atoms in total. The van der Waals surface area contributed by atoms with Gasteiger partial charge in [-0.1, -0.05) is 19.1 Å². The fourth-order valence-electron chi connectivity index (χ4n) is 4.05. The van der Waals surface area contributed by atoms with E-state index in [4.69, 9.17) is 4.98 Å². The van der Waals surface area contributed by atoms with Gasteiger partial charge in [-0.2, -0.15) is 9.49 Å². The molecule has 0 saturated heterocycles. The number of imidazole rings is 1. The van der Waals surface area contributed by atoms with Crippen LogP contribution in [0.5, 0.6) is 0 Å². The first kappa shape index (κ1) is 20.6. The number of pyridine rings is 2. The van der Waals surface area contributed by atoms with Crippen molar-refractivity contribution in [3.8, 4) is 33.2 Å². The summed E-state index contributed by atoms with van der Waals surface area (Å²) in [5.41, 5.74) is 6.91. The second-order valence-corrected chi connectivity index (χ2v) is 8.97. The first-order valence-electron chi connectivity index (χ1n) is 10.9. The van der Waals surface area contributed by atoms with Crippen LogP contribution in [0.15, 0.2) is 61.1 Å². The molecule has 0 atom stereocenters. The Bertz CT molecular complexity index is 1630. The molecule has 6 rings (SSSR count). The van der Waals surface area contributed by atoms with E-state index < -0.39 is 0 Å². The minimum absolute atomic E-state index is 0.217. The average molecular weight is 470 g/mol. The van der Waals surface area contributed by atoms with Crippen molar-refractivity contribution < 1.29 is 4.39 Å². The number of H-pyrrole nitrogens is 2. The zero-order chi connectivity index (χ0) is 23.1. The molecule has 34 heavy (non-hydrogen) atoms. The maximum Gasteiger partial charge on any atom is 0.176 e. The Labute approximate surface area is 198 Å². The first-order valence-corrected chi connectivity index (χ1v) is 11.7. The maximum atomic E-state index is 13.6. The van der Waals surface area contributed by atoms with E-state index >= 15 is 0 Å². The summed E-state index contributed by atoms with van der Waals surface area (Å²) in [5.74, 6) is 0.641. The van der Waals surface area contributed by atoms with Crippen molar-refractivity contribution >= 4 is 33.3 Å². The highest BCUT2D eigenvalue weighted by atomic mass is 32.1. The monoisotopic (exact) mass is 469 g/mol. The van der Waals surface area contributed by atoms with Gasteiger partial charge in [-0.3, -0.25) is 15.1 Å². The Morgan fingerprint density at radius 1 is 1.06 bits per heavy atom. The molecule has 0 saturated carbocycles. The van der Waals surface area contributed by atoms with Crippen LogP contribution in [0.25, 0.3) is 55.2 Å². The number of benzene rings is 1. The second-order valence-electron chi connectivity index (χ2n) is 7.94. The van der Waals surface area contributed by atoms with Gasteiger partial charge in [0.15, 0.2) is 11.0 Å². The van der Waals surface area contributed by atoms with Crippen molar-refractivity contribution in [2.75, 3.05) is 6.54 Å². The maximum absolute atomic E-state index is 13.6. The topological polar surface area (TPSA) is 95.2 Å². The van der Waals surface area contributed by atoms with Crippen LogP contribution in [0.3, 0.4) is 0 Å². The molecule has 0 bridgehead atoms. The van der Waals surface area contributed by atoms with Crippen molar-refractivity contribution in [2.45, 2.75) is 13.5 Å². The quantitative estimate of drug-likeness (QED) is 0.298. The molecule has 1 aromatic carbocycles. The van der Waals surface area contributed by atoms with E-state index in [0.29, 0.717) is 11.5 Å².